The van der Waals surface area contributed by atoms with Crippen molar-refractivity contribution in [2.75, 3.05) is 13.2 Å². The van der Waals surface area contributed by atoms with Gasteiger partial charge in [-0.3, -0.25) is 0 Å². The summed E-state index contributed by atoms with van der Waals surface area (Å²) in [5, 5.41) is 0. The molecule has 57 heavy (non-hydrogen) atoms. The van der Waals surface area contributed by atoms with E-state index >= 15 is 0 Å². The first-order chi connectivity index (χ1) is 27.3. The SMILES string of the molecule is CC1(OC(=O)COc2c(I)cc(COc3ccc([I+]c4ccc(OCc5cc(I)c(OCC(=O)OC6(C)CCCCC6)c(I)c5)cc4)cc3)cc2I)CCCCC1. The Hall–Kier alpha value is -1.33. The molecular formula is C44H46I5O8+. The smallest absolute Gasteiger partial charge is 0.357 e. The standard InChI is InChI=1S/C44H46I5O8/c1-43(17-5-3-6-18-43)56-39(50)27-54-41-35(45)21-29(22-36(41)46)25-52-33-13-9-31(10-14-33)49-32-11-15-34(16-12-32)53-26-30-23-37(47)42(38(48)24-30)55-28-40(51)57-44(2)19-7-4-8-20-44/h9-16,21-24H,3-8,17-20,25-28H2,1-2H3/q+1. The average Bonchev–Trinajstić information content (AvgIpc) is 3.17. The summed E-state index contributed by atoms with van der Waals surface area (Å²) in [7, 11) is 0. The topological polar surface area (TPSA) is 89.5 Å². The third-order valence-electron chi connectivity index (χ3n) is 9.98. The highest BCUT2D eigenvalue weighted by molar-refractivity contribution is 14.1. The van der Waals surface area contributed by atoms with Crippen LogP contribution in [0.4, 0.5) is 0 Å². The van der Waals surface area contributed by atoms with Crippen LogP contribution >= 0.6 is 90.4 Å². The minimum atomic E-state index is -0.375. The van der Waals surface area contributed by atoms with E-state index in [0.717, 1.165) is 88.3 Å². The van der Waals surface area contributed by atoms with E-state index in [4.69, 9.17) is 28.4 Å². The fourth-order valence-electron chi connectivity index (χ4n) is 6.99. The fourth-order valence-corrected chi connectivity index (χ4v) is 13.6. The van der Waals surface area contributed by atoms with E-state index in [1.54, 1.807) is 0 Å². The van der Waals surface area contributed by atoms with Gasteiger partial charge in [0.15, 0.2) is 20.4 Å². The van der Waals surface area contributed by atoms with Gasteiger partial charge in [0.05, 0.1) is 14.3 Å². The summed E-state index contributed by atoms with van der Waals surface area (Å²) in [4.78, 5) is 25.1. The van der Waals surface area contributed by atoms with Gasteiger partial charge in [0.2, 0.25) is 0 Å². The van der Waals surface area contributed by atoms with Crippen LogP contribution in [0.3, 0.4) is 0 Å². The van der Waals surface area contributed by atoms with Crippen LogP contribution in [0, 0.1) is 21.4 Å². The maximum atomic E-state index is 12.6. The van der Waals surface area contributed by atoms with Crippen molar-refractivity contribution >= 4 is 102 Å². The van der Waals surface area contributed by atoms with Crippen LogP contribution in [0.1, 0.15) is 89.2 Å². The molecule has 2 saturated carbocycles. The van der Waals surface area contributed by atoms with E-state index in [1.165, 1.54) is 20.0 Å². The lowest BCUT2D eigenvalue weighted by Crippen LogP contribution is -3.61. The fraction of sp³-hybridized carbons (Fsp3) is 0.409. The van der Waals surface area contributed by atoms with Gasteiger partial charge in [0.25, 0.3) is 0 Å². The summed E-state index contributed by atoms with van der Waals surface area (Å²) in [5.41, 5.74) is 1.31. The predicted molar refractivity (Wildman–Crippen MR) is 249 cm³/mol. The Labute approximate surface area is 400 Å². The Kier molecular flexibility index (Phi) is 17.0. The quantitative estimate of drug-likeness (QED) is 0.0815. The molecule has 4 aromatic carbocycles. The normalized spacial score (nSPS) is 16.0. The second kappa shape index (κ2) is 21.5. The van der Waals surface area contributed by atoms with Gasteiger partial charge in [-0.1, -0.05) is 12.8 Å². The van der Waals surface area contributed by atoms with Crippen LogP contribution < -0.4 is 40.2 Å². The molecule has 0 amide bonds. The molecule has 0 bridgehead atoms. The van der Waals surface area contributed by atoms with Gasteiger partial charge in [-0.15, -0.1) is 0 Å². The minimum Gasteiger partial charge on any atom is -0.489 e. The molecule has 2 aliphatic rings. The molecule has 0 spiro atoms. The average molecular weight is 1340 g/mol. The van der Waals surface area contributed by atoms with E-state index < -0.39 is 0 Å². The number of hydrogen-bond acceptors (Lipinski definition) is 8. The van der Waals surface area contributed by atoms with E-state index in [0.29, 0.717) is 24.7 Å². The Morgan fingerprint density at radius 2 is 0.860 bits per heavy atom. The molecule has 0 saturated heterocycles. The number of ether oxygens (including phenoxy) is 6. The van der Waals surface area contributed by atoms with E-state index in [1.807, 2.05) is 62.4 Å². The van der Waals surface area contributed by atoms with Crippen molar-refractivity contribution in [3.8, 4) is 23.0 Å². The Balaban J connectivity index is 0.927. The second-order valence-electron chi connectivity index (χ2n) is 14.9. The molecule has 0 aliphatic heterocycles. The van der Waals surface area contributed by atoms with Gasteiger partial charge in [-0.2, -0.15) is 0 Å². The molecule has 8 nitrogen and oxygen atoms in total. The van der Waals surface area contributed by atoms with Crippen LogP contribution in [0.25, 0.3) is 0 Å². The molecule has 4 aromatic rings. The minimum absolute atomic E-state index is 0.0993. The molecule has 2 fully saturated rings. The first kappa shape index (κ1) is 45.2. The molecule has 0 heterocycles. The largest absolute Gasteiger partial charge is 0.489 e. The van der Waals surface area contributed by atoms with Crippen molar-refractivity contribution in [1.29, 1.82) is 0 Å². The number of carbonyl (C=O) groups excluding carboxylic acids is 2. The molecule has 0 atom stereocenters. The van der Waals surface area contributed by atoms with Crippen molar-refractivity contribution in [3.05, 3.63) is 105 Å². The lowest BCUT2D eigenvalue weighted by molar-refractivity contribution is -0.597. The molecule has 0 unspecified atom stereocenters. The molecule has 0 N–H and O–H groups in total. The lowest BCUT2D eigenvalue weighted by Gasteiger charge is -2.33. The predicted octanol–water partition coefficient (Wildman–Crippen LogP) is 8.68. The number of halogens is 5. The summed E-state index contributed by atoms with van der Waals surface area (Å²) in [6, 6.07) is 24.8. The number of carbonyl (C=O) groups is 2. The van der Waals surface area contributed by atoms with Gasteiger partial charge in [0.1, 0.15) is 47.4 Å². The molecule has 6 rings (SSSR count). The molecule has 0 radical (unpaired) electrons. The monoisotopic (exact) mass is 1340 g/mol. The summed E-state index contributed by atoms with van der Waals surface area (Å²) >= 11 is 8.63. The zero-order chi connectivity index (χ0) is 40.4. The second-order valence-corrected chi connectivity index (χ2v) is 22.6. The molecule has 2 aliphatic carbocycles. The van der Waals surface area contributed by atoms with E-state index in [9.17, 15) is 9.59 Å². The van der Waals surface area contributed by atoms with Crippen LogP contribution in [-0.4, -0.2) is 36.4 Å². The Morgan fingerprint density at radius 3 is 1.19 bits per heavy atom. The van der Waals surface area contributed by atoms with Gasteiger partial charge < -0.3 is 28.4 Å². The van der Waals surface area contributed by atoms with E-state index in [-0.39, 0.29) is 57.6 Å². The maximum Gasteiger partial charge on any atom is 0.357 e. The highest BCUT2D eigenvalue weighted by atomic mass is 127. The van der Waals surface area contributed by atoms with Crippen LogP contribution in [-0.2, 0) is 32.3 Å². The third-order valence-corrected chi connectivity index (χ3v) is 15.9. The van der Waals surface area contributed by atoms with Crippen molar-refractivity contribution in [1.82, 2.24) is 0 Å². The highest BCUT2D eigenvalue weighted by Crippen LogP contribution is 2.34. The van der Waals surface area contributed by atoms with Gasteiger partial charge >= 0.3 is 33.1 Å². The number of esters is 2. The van der Waals surface area contributed by atoms with Crippen LogP contribution in [0.5, 0.6) is 23.0 Å². The van der Waals surface area contributed by atoms with Gasteiger partial charge in [-0.25, -0.2) is 9.59 Å². The van der Waals surface area contributed by atoms with Crippen LogP contribution in [0.15, 0.2) is 72.8 Å². The number of rotatable bonds is 16. The third kappa shape index (κ3) is 13.8. The molecule has 304 valence electrons. The van der Waals surface area contributed by atoms with Gasteiger partial charge in [0, 0.05) is 0 Å². The van der Waals surface area contributed by atoms with Crippen molar-refractivity contribution < 1.29 is 59.2 Å². The highest BCUT2D eigenvalue weighted by Gasteiger charge is 2.32. The Bertz CT molecular complexity index is 1800. The zero-order valence-corrected chi connectivity index (χ0v) is 42.8. The van der Waals surface area contributed by atoms with Crippen molar-refractivity contribution in [2.24, 2.45) is 0 Å². The van der Waals surface area contributed by atoms with Crippen LogP contribution in [0.2, 0.25) is 0 Å². The molecular weight excluding hydrogens is 1290 g/mol. The molecule has 13 heteroatoms. The summed E-state index contributed by atoms with van der Waals surface area (Å²) in [5.74, 6) is 2.38. The number of hydrogen-bond donors (Lipinski definition) is 0. The zero-order valence-electron chi connectivity index (χ0n) is 32.0. The summed E-state index contributed by atoms with van der Waals surface area (Å²) in [6.45, 7) is 4.71. The summed E-state index contributed by atoms with van der Waals surface area (Å²) < 4.78 is 42.0. The van der Waals surface area contributed by atoms with Crippen molar-refractivity contribution in [2.45, 2.75) is 102 Å². The Morgan fingerprint density at radius 1 is 0.526 bits per heavy atom. The van der Waals surface area contributed by atoms with E-state index in [2.05, 4.69) is 115 Å². The first-order valence-corrected chi connectivity index (χ1v) is 25.6. The lowest BCUT2D eigenvalue weighted by atomic mass is 9.86. The summed E-state index contributed by atoms with van der Waals surface area (Å²) in [6.07, 6.45) is 10.4. The number of benzene rings is 4. The first-order valence-electron chi connectivity index (χ1n) is 19.1. The van der Waals surface area contributed by atoms with Gasteiger partial charge in [-0.05, 0) is 240 Å². The molecule has 0 aromatic heterocycles. The van der Waals surface area contributed by atoms with Crippen molar-refractivity contribution in [3.63, 3.8) is 0 Å². The maximum absolute atomic E-state index is 12.6.